The van der Waals surface area contributed by atoms with E-state index < -0.39 is 17.5 Å². The summed E-state index contributed by atoms with van der Waals surface area (Å²) in [5.41, 5.74) is -0.314. The highest BCUT2D eigenvalue weighted by Gasteiger charge is 2.36. The molecule has 5 heteroatoms. The van der Waals surface area contributed by atoms with E-state index in [4.69, 9.17) is 20.4 Å². The number of aliphatic carboxylic acids is 1. The molecule has 0 aliphatic heterocycles. The fourth-order valence-electron chi connectivity index (χ4n) is 1.20. The first-order chi connectivity index (χ1) is 5.45. The molecule has 0 saturated carbocycles. The summed E-state index contributed by atoms with van der Waals surface area (Å²) in [6.07, 6.45) is 0.484. The highest BCUT2D eigenvalue weighted by molar-refractivity contribution is 5.87. The second kappa shape index (κ2) is 2.76. The van der Waals surface area contributed by atoms with Crippen LogP contribution < -0.4 is 0 Å². The van der Waals surface area contributed by atoms with Crippen molar-refractivity contribution in [3.8, 4) is 0 Å². The number of aliphatic hydroxyl groups excluding tert-OH is 1. The zero-order chi connectivity index (χ0) is 9.35. The molecule has 0 spiro atoms. The largest absolute Gasteiger partial charge is 0.506 e. The van der Waals surface area contributed by atoms with Crippen LogP contribution in [0.25, 0.3) is 0 Å². The van der Waals surface area contributed by atoms with Gasteiger partial charge in [-0.3, -0.25) is 0 Å². The van der Waals surface area contributed by atoms with E-state index in [1.54, 1.807) is 0 Å². The number of carbonyl (C=O) groups is 1. The lowest BCUT2D eigenvalue weighted by molar-refractivity contribution is -0.165. The third-order valence-electron chi connectivity index (χ3n) is 1.88. The SMILES string of the molecule is O=C(O)C1=C(O)C(O)(O)CCC1. The van der Waals surface area contributed by atoms with Gasteiger partial charge in [-0.25, -0.2) is 4.79 Å². The monoisotopic (exact) mass is 174 g/mol. The zero-order valence-corrected chi connectivity index (χ0v) is 6.32. The van der Waals surface area contributed by atoms with Gasteiger partial charge in [0.2, 0.25) is 5.79 Å². The fourth-order valence-corrected chi connectivity index (χ4v) is 1.20. The van der Waals surface area contributed by atoms with Crippen LogP contribution in [0, 0.1) is 0 Å². The van der Waals surface area contributed by atoms with Crippen molar-refractivity contribution < 1.29 is 25.2 Å². The maximum absolute atomic E-state index is 10.4. The molecule has 1 rings (SSSR count). The first-order valence-corrected chi connectivity index (χ1v) is 3.56. The van der Waals surface area contributed by atoms with Gasteiger partial charge in [0.15, 0.2) is 5.76 Å². The van der Waals surface area contributed by atoms with Crippen LogP contribution in [0.1, 0.15) is 19.3 Å². The van der Waals surface area contributed by atoms with Crippen LogP contribution in [0.5, 0.6) is 0 Å². The van der Waals surface area contributed by atoms with Crippen molar-refractivity contribution in [3.63, 3.8) is 0 Å². The molecular weight excluding hydrogens is 164 g/mol. The van der Waals surface area contributed by atoms with Crippen molar-refractivity contribution in [2.24, 2.45) is 0 Å². The van der Waals surface area contributed by atoms with E-state index in [-0.39, 0.29) is 18.4 Å². The minimum Gasteiger partial charge on any atom is -0.506 e. The first kappa shape index (κ1) is 9.02. The van der Waals surface area contributed by atoms with Crippen LogP contribution in [-0.4, -0.2) is 32.2 Å². The minimum absolute atomic E-state index is 0.0321. The van der Waals surface area contributed by atoms with Crippen molar-refractivity contribution in [1.82, 2.24) is 0 Å². The standard InChI is InChI=1S/C7H10O5/c8-5-4(6(9)10)2-1-3-7(5,11)12/h8,11-12H,1-3H2,(H,9,10). The third kappa shape index (κ3) is 1.41. The number of rotatable bonds is 1. The Balaban J connectivity index is 3.04. The van der Waals surface area contributed by atoms with Crippen molar-refractivity contribution in [3.05, 3.63) is 11.3 Å². The van der Waals surface area contributed by atoms with E-state index in [2.05, 4.69) is 0 Å². The van der Waals surface area contributed by atoms with E-state index in [1.807, 2.05) is 0 Å². The molecular formula is C7H10O5. The summed E-state index contributed by atoms with van der Waals surface area (Å²) in [5, 5.41) is 35.7. The Morgan fingerprint density at radius 2 is 2.00 bits per heavy atom. The van der Waals surface area contributed by atoms with Gasteiger partial charge in [0.1, 0.15) is 0 Å². The van der Waals surface area contributed by atoms with Crippen molar-refractivity contribution in [1.29, 1.82) is 0 Å². The number of carboxylic acid groups (broad SMARTS) is 1. The minimum atomic E-state index is -2.36. The molecule has 0 heterocycles. The number of hydrogen-bond donors (Lipinski definition) is 4. The molecule has 1 aliphatic carbocycles. The van der Waals surface area contributed by atoms with Gasteiger partial charge in [0.25, 0.3) is 0 Å². The Morgan fingerprint density at radius 3 is 2.42 bits per heavy atom. The predicted molar refractivity (Wildman–Crippen MR) is 38.3 cm³/mol. The maximum atomic E-state index is 10.4. The van der Waals surface area contributed by atoms with E-state index in [0.29, 0.717) is 6.42 Å². The second-order valence-corrected chi connectivity index (χ2v) is 2.80. The van der Waals surface area contributed by atoms with Gasteiger partial charge >= 0.3 is 5.97 Å². The molecule has 12 heavy (non-hydrogen) atoms. The molecule has 0 fully saturated rings. The van der Waals surface area contributed by atoms with Gasteiger partial charge in [-0.2, -0.15) is 0 Å². The fraction of sp³-hybridized carbons (Fsp3) is 0.571. The molecule has 1 aliphatic rings. The molecule has 5 nitrogen and oxygen atoms in total. The molecule has 0 atom stereocenters. The molecule has 4 N–H and O–H groups in total. The lowest BCUT2D eigenvalue weighted by atomic mass is 9.93. The van der Waals surface area contributed by atoms with E-state index >= 15 is 0 Å². The smallest absolute Gasteiger partial charge is 0.335 e. The van der Waals surface area contributed by atoms with Gasteiger partial charge in [-0.05, 0) is 12.8 Å². The average Bonchev–Trinajstić information content (AvgIpc) is 1.94. The lowest BCUT2D eigenvalue weighted by Gasteiger charge is -2.26. The highest BCUT2D eigenvalue weighted by Crippen LogP contribution is 2.29. The van der Waals surface area contributed by atoms with Gasteiger partial charge < -0.3 is 20.4 Å². The Kier molecular flexibility index (Phi) is 2.08. The molecule has 0 aromatic carbocycles. The van der Waals surface area contributed by atoms with E-state index in [9.17, 15) is 4.79 Å². The van der Waals surface area contributed by atoms with Crippen LogP contribution in [0.3, 0.4) is 0 Å². The molecule has 0 aromatic heterocycles. The van der Waals surface area contributed by atoms with Crippen LogP contribution >= 0.6 is 0 Å². The molecule has 0 bridgehead atoms. The molecule has 0 unspecified atom stereocenters. The van der Waals surface area contributed by atoms with E-state index in [0.717, 1.165) is 0 Å². The third-order valence-corrected chi connectivity index (χ3v) is 1.88. The normalized spacial score (nSPS) is 22.5. The Bertz CT molecular complexity index is 240. The number of hydrogen-bond acceptors (Lipinski definition) is 4. The summed E-state index contributed by atoms with van der Waals surface area (Å²) < 4.78 is 0. The average molecular weight is 174 g/mol. The Hall–Kier alpha value is -1.07. The summed E-state index contributed by atoms with van der Waals surface area (Å²) in [4.78, 5) is 10.4. The van der Waals surface area contributed by atoms with Crippen molar-refractivity contribution in [2.75, 3.05) is 0 Å². The second-order valence-electron chi connectivity index (χ2n) is 2.80. The van der Waals surface area contributed by atoms with Gasteiger partial charge in [0.05, 0.1) is 5.57 Å². The molecule has 0 radical (unpaired) electrons. The van der Waals surface area contributed by atoms with Crippen LogP contribution in [0.2, 0.25) is 0 Å². The maximum Gasteiger partial charge on any atom is 0.335 e. The first-order valence-electron chi connectivity index (χ1n) is 3.56. The number of aliphatic hydroxyl groups is 3. The van der Waals surface area contributed by atoms with Gasteiger partial charge in [-0.1, -0.05) is 0 Å². The summed E-state index contributed by atoms with van der Waals surface area (Å²) in [6.45, 7) is 0. The number of carboxylic acids is 1. The summed E-state index contributed by atoms with van der Waals surface area (Å²) >= 11 is 0. The van der Waals surface area contributed by atoms with Gasteiger partial charge in [0, 0.05) is 6.42 Å². The lowest BCUT2D eigenvalue weighted by Crippen LogP contribution is -2.35. The Labute approximate surface area is 68.6 Å². The topological polar surface area (TPSA) is 98.0 Å². The molecule has 0 saturated heterocycles. The highest BCUT2D eigenvalue weighted by atomic mass is 16.5. The van der Waals surface area contributed by atoms with Crippen LogP contribution in [0.4, 0.5) is 0 Å². The summed E-state index contributed by atoms with van der Waals surface area (Å²) in [7, 11) is 0. The van der Waals surface area contributed by atoms with Crippen LogP contribution in [-0.2, 0) is 4.79 Å². The quantitative estimate of drug-likeness (QED) is 0.411. The predicted octanol–water partition coefficient (Wildman–Crippen LogP) is -0.252. The molecule has 68 valence electrons. The van der Waals surface area contributed by atoms with Crippen molar-refractivity contribution in [2.45, 2.75) is 25.0 Å². The van der Waals surface area contributed by atoms with E-state index in [1.165, 1.54) is 0 Å². The summed E-state index contributed by atoms with van der Waals surface area (Å²) in [6, 6.07) is 0. The van der Waals surface area contributed by atoms with Gasteiger partial charge in [-0.15, -0.1) is 0 Å². The molecule has 0 amide bonds. The Morgan fingerprint density at radius 1 is 1.42 bits per heavy atom. The molecule has 0 aromatic rings. The van der Waals surface area contributed by atoms with Crippen LogP contribution in [0.15, 0.2) is 11.3 Å². The van der Waals surface area contributed by atoms with Crippen molar-refractivity contribution >= 4 is 5.97 Å². The summed E-state index contributed by atoms with van der Waals surface area (Å²) in [5.74, 6) is -4.49. The zero-order valence-electron chi connectivity index (χ0n) is 6.32.